The molecule has 6 rings (SSSR count). The summed E-state index contributed by atoms with van der Waals surface area (Å²) in [6.07, 6.45) is 3.27. The number of halogens is 2. The monoisotopic (exact) mass is 448 g/mol. The van der Waals surface area contributed by atoms with Gasteiger partial charge in [-0.3, -0.25) is 9.48 Å². The van der Waals surface area contributed by atoms with E-state index in [0.29, 0.717) is 34.7 Å². The molecule has 33 heavy (non-hydrogen) atoms. The van der Waals surface area contributed by atoms with Crippen molar-refractivity contribution in [1.82, 2.24) is 19.7 Å². The molecule has 2 atom stereocenters. The molecule has 4 aromatic rings. The summed E-state index contributed by atoms with van der Waals surface area (Å²) in [5.74, 6) is -0.740. The largest absolute Gasteiger partial charge is 0.441 e. The third-order valence-electron chi connectivity index (χ3n) is 6.79. The van der Waals surface area contributed by atoms with Crippen LogP contribution in [0.4, 0.5) is 8.78 Å². The van der Waals surface area contributed by atoms with E-state index in [2.05, 4.69) is 4.98 Å². The SMILES string of the molecule is Cc1nc2ccc(C(=O)N3C4CCCC3c3nn(C)c(-c5cc(F)cc(F)c5)c3C4)cc2o1. The van der Waals surface area contributed by atoms with E-state index in [4.69, 9.17) is 9.52 Å². The van der Waals surface area contributed by atoms with E-state index in [1.807, 2.05) is 11.0 Å². The van der Waals surface area contributed by atoms with Crippen LogP contribution in [0, 0.1) is 18.6 Å². The van der Waals surface area contributed by atoms with Crippen molar-refractivity contribution in [3.63, 3.8) is 0 Å². The Morgan fingerprint density at radius 2 is 1.91 bits per heavy atom. The van der Waals surface area contributed by atoms with E-state index in [-0.39, 0.29) is 18.0 Å². The maximum atomic E-state index is 13.9. The third kappa shape index (κ3) is 3.15. The van der Waals surface area contributed by atoms with Gasteiger partial charge in [-0.05, 0) is 56.0 Å². The van der Waals surface area contributed by atoms with Gasteiger partial charge < -0.3 is 9.32 Å². The number of aryl methyl sites for hydroxylation is 2. The molecular weight excluding hydrogens is 426 g/mol. The summed E-state index contributed by atoms with van der Waals surface area (Å²) in [5.41, 5.74) is 4.85. The summed E-state index contributed by atoms with van der Waals surface area (Å²) in [5, 5.41) is 4.74. The second-order valence-electron chi connectivity index (χ2n) is 8.93. The topological polar surface area (TPSA) is 64.2 Å². The van der Waals surface area contributed by atoms with Crippen molar-refractivity contribution in [3.05, 3.63) is 70.7 Å². The van der Waals surface area contributed by atoms with E-state index in [1.165, 1.54) is 12.1 Å². The normalized spacial score (nSPS) is 19.7. The molecule has 2 unspecified atom stereocenters. The molecule has 0 N–H and O–H groups in total. The van der Waals surface area contributed by atoms with Gasteiger partial charge in [0.05, 0.1) is 17.4 Å². The van der Waals surface area contributed by atoms with Gasteiger partial charge in [0.15, 0.2) is 11.5 Å². The molecule has 1 amide bonds. The minimum atomic E-state index is -0.620. The van der Waals surface area contributed by atoms with Crippen LogP contribution in [0.3, 0.4) is 0 Å². The highest BCUT2D eigenvalue weighted by atomic mass is 19.1. The molecule has 0 spiro atoms. The Bertz CT molecular complexity index is 1400. The van der Waals surface area contributed by atoms with Gasteiger partial charge in [0.2, 0.25) is 0 Å². The number of amides is 1. The number of hydrogen-bond donors (Lipinski definition) is 0. The number of fused-ring (bicyclic) bond motifs is 5. The molecule has 6 nitrogen and oxygen atoms in total. The lowest BCUT2D eigenvalue weighted by Crippen LogP contribution is -2.49. The fourth-order valence-corrected chi connectivity index (χ4v) is 5.52. The molecule has 2 aromatic heterocycles. The van der Waals surface area contributed by atoms with Crippen LogP contribution in [-0.4, -0.2) is 31.6 Å². The summed E-state index contributed by atoms with van der Waals surface area (Å²) in [6, 6.07) is 8.71. The number of aromatic nitrogens is 3. The van der Waals surface area contributed by atoms with Crippen LogP contribution in [0.1, 0.15) is 52.8 Å². The smallest absolute Gasteiger partial charge is 0.254 e. The third-order valence-corrected chi connectivity index (χ3v) is 6.79. The van der Waals surface area contributed by atoms with E-state index in [0.717, 1.165) is 42.1 Å². The van der Waals surface area contributed by atoms with Gasteiger partial charge in [-0.15, -0.1) is 0 Å². The van der Waals surface area contributed by atoms with Gasteiger partial charge in [-0.2, -0.15) is 5.10 Å². The molecule has 1 fully saturated rings. The average Bonchev–Trinajstić information content (AvgIpc) is 3.29. The number of piperidine rings is 1. The first-order valence-corrected chi connectivity index (χ1v) is 11.1. The molecule has 2 aliphatic heterocycles. The summed E-state index contributed by atoms with van der Waals surface area (Å²) in [4.78, 5) is 19.9. The highest BCUT2D eigenvalue weighted by Gasteiger charge is 2.43. The number of carbonyl (C=O) groups excluding carboxylic acids is 1. The standard InChI is InChI=1S/C25H22F2N4O2/c1-13-28-20-7-6-14(10-22(20)33-13)25(32)31-18-4-3-5-21(31)23-19(12-18)24(30(2)29-23)15-8-16(26)11-17(27)9-15/h6-11,18,21H,3-5,12H2,1-2H3. The highest BCUT2D eigenvalue weighted by molar-refractivity contribution is 5.97. The van der Waals surface area contributed by atoms with Crippen molar-refractivity contribution in [2.24, 2.45) is 7.05 Å². The molecule has 0 aliphatic carbocycles. The first-order chi connectivity index (χ1) is 15.9. The fraction of sp³-hybridized carbons (Fsp3) is 0.320. The number of rotatable bonds is 2. The van der Waals surface area contributed by atoms with Gasteiger partial charge in [-0.1, -0.05) is 0 Å². The van der Waals surface area contributed by atoms with Crippen molar-refractivity contribution in [1.29, 1.82) is 0 Å². The van der Waals surface area contributed by atoms with Crippen LogP contribution in [0.25, 0.3) is 22.4 Å². The van der Waals surface area contributed by atoms with Crippen LogP contribution in [0.5, 0.6) is 0 Å². The van der Waals surface area contributed by atoms with Crippen LogP contribution in [0.2, 0.25) is 0 Å². The van der Waals surface area contributed by atoms with Crippen LogP contribution < -0.4 is 0 Å². The lowest BCUT2D eigenvalue weighted by Gasteiger charge is -2.45. The Morgan fingerprint density at radius 3 is 2.70 bits per heavy atom. The van der Waals surface area contributed by atoms with Crippen LogP contribution >= 0.6 is 0 Å². The first-order valence-electron chi connectivity index (χ1n) is 11.1. The maximum Gasteiger partial charge on any atom is 0.254 e. The van der Waals surface area contributed by atoms with Crippen molar-refractivity contribution in [2.45, 2.75) is 44.7 Å². The van der Waals surface area contributed by atoms with Crippen molar-refractivity contribution in [3.8, 4) is 11.3 Å². The zero-order chi connectivity index (χ0) is 22.9. The Balaban J connectivity index is 1.42. The molecular formula is C25H22F2N4O2. The van der Waals surface area contributed by atoms with E-state index < -0.39 is 11.6 Å². The minimum Gasteiger partial charge on any atom is -0.441 e. The molecule has 4 heterocycles. The quantitative estimate of drug-likeness (QED) is 0.428. The molecule has 8 heteroatoms. The van der Waals surface area contributed by atoms with Gasteiger partial charge in [-0.25, -0.2) is 13.8 Å². The van der Waals surface area contributed by atoms with Crippen molar-refractivity contribution in [2.75, 3.05) is 0 Å². The Kier molecular flexibility index (Phi) is 4.40. The summed E-state index contributed by atoms with van der Waals surface area (Å²) in [6.45, 7) is 1.78. The van der Waals surface area contributed by atoms with Gasteiger partial charge in [0.1, 0.15) is 17.2 Å². The second-order valence-corrected chi connectivity index (χ2v) is 8.93. The predicted octanol–water partition coefficient (Wildman–Crippen LogP) is 5.11. The Hall–Kier alpha value is -3.55. The van der Waals surface area contributed by atoms with Gasteiger partial charge in [0.25, 0.3) is 5.91 Å². The number of oxazole rings is 1. The molecule has 2 aromatic carbocycles. The van der Waals surface area contributed by atoms with Crippen molar-refractivity contribution >= 4 is 17.0 Å². The summed E-state index contributed by atoms with van der Waals surface area (Å²) >= 11 is 0. The second kappa shape index (κ2) is 7.23. The van der Waals surface area contributed by atoms with E-state index in [9.17, 15) is 13.6 Å². The molecule has 0 saturated carbocycles. The Labute approximate surface area is 188 Å². The van der Waals surface area contributed by atoms with Crippen LogP contribution in [-0.2, 0) is 13.5 Å². The molecule has 168 valence electrons. The zero-order valence-electron chi connectivity index (χ0n) is 18.3. The lowest BCUT2D eigenvalue weighted by atomic mass is 9.81. The fourth-order valence-electron chi connectivity index (χ4n) is 5.52. The molecule has 2 aliphatic rings. The number of nitrogens with zero attached hydrogens (tertiary/aromatic N) is 4. The predicted molar refractivity (Wildman–Crippen MR) is 118 cm³/mol. The average molecular weight is 448 g/mol. The van der Waals surface area contributed by atoms with Gasteiger partial charge >= 0.3 is 0 Å². The molecule has 0 radical (unpaired) electrons. The maximum absolute atomic E-state index is 13.9. The van der Waals surface area contributed by atoms with E-state index >= 15 is 0 Å². The minimum absolute atomic E-state index is 0.00253. The highest BCUT2D eigenvalue weighted by Crippen LogP contribution is 2.45. The van der Waals surface area contributed by atoms with Crippen molar-refractivity contribution < 1.29 is 18.0 Å². The molecule has 1 saturated heterocycles. The molecule has 2 bridgehead atoms. The van der Waals surface area contributed by atoms with E-state index in [1.54, 1.807) is 30.8 Å². The summed E-state index contributed by atoms with van der Waals surface area (Å²) < 4.78 is 35.2. The number of hydrogen-bond acceptors (Lipinski definition) is 4. The summed E-state index contributed by atoms with van der Waals surface area (Å²) in [7, 11) is 1.78. The zero-order valence-corrected chi connectivity index (χ0v) is 18.3. The number of benzene rings is 2. The van der Waals surface area contributed by atoms with Crippen LogP contribution in [0.15, 0.2) is 40.8 Å². The van der Waals surface area contributed by atoms with Gasteiger partial charge in [0, 0.05) is 42.8 Å². The Morgan fingerprint density at radius 1 is 1.12 bits per heavy atom. The first kappa shape index (κ1) is 20.1. The lowest BCUT2D eigenvalue weighted by molar-refractivity contribution is 0.0392. The number of carbonyl (C=O) groups is 1.